The number of nitrogens with one attached hydrogen (secondary N) is 1. The molecular weight excluding hydrogens is 318 g/mol. The Bertz CT molecular complexity index is 831. The molecule has 2 aromatic rings. The number of anilines is 1. The number of carbonyl (C=O) groups is 2. The van der Waals surface area contributed by atoms with Gasteiger partial charge in [0.15, 0.2) is 6.10 Å². The zero-order chi connectivity index (χ0) is 17.7. The lowest BCUT2D eigenvalue weighted by atomic mass is 10.2. The molecule has 0 aromatic heterocycles. The second kappa shape index (κ2) is 7.33. The van der Waals surface area contributed by atoms with Crippen molar-refractivity contribution in [3.8, 4) is 6.07 Å². The highest BCUT2D eigenvalue weighted by molar-refractivity contribution is 5.97. The van der Waals surface area contributed by atoms with E-state index in [2.05, 4.69) is 5.32 Å². The Labute approximate surface area is 136 Å². The van der Waals surface area contributed by atoms with Gasteiger partial charge >= 0.3 is 5.97 Å². The molecule has 0 aliphatic carbocycles. The highest BCUT2D eigenvalue weighted by atomic mass is 19.1. The summed E-state index contributed by atoms with van der Waals surface area (Å²) in [6.07, 6.45) is -1.22. The molecule has 0 saturated carbocycles. The maximum absolute atomic E-state index is 13.5. The fourth-order valence-electron chi connectivity index (χ4n) is 1.84. The number of benzene rings is 2. The smallest absolute Gasteiger partial charge is 0.341 e. The van der Waals surface area contributed by atoms with E-state index in [1.54, 1.807) is 18.2 Å². The lowest BCUT2D eigenvalue weighted by Crippen LogP contribution is -2.30. The highest BCUT2D eigenvalue weighted by Crippen LogP contribution is 2.14. The Balaban J connectivity index is 2.03. The van der Waals surface area contributed by atoms with Crippen LogP contribution < -0.4 is 5.32 Å². The lowest BCUT2D eigenvalue weighted by molar-refractivity contribution is -0.123. The van der Waals surface area contributed by atoms with Gasteiger partial charge in [-0.15, -0.1) is 0 Å². The number of nitriles is 1. The number of hydrogen-bond acceptors (Lipinski definition) is 4. The van der Waals surface area contributed by atoms with Gasteiger partial charge in [-0.25, -0.2) is 13.6 Å². The van der Waals surface area contributed by atoms with E-state index in [9.17, 15) is 18.4 Å². The lowest BCUT2D eigenvalue weighted by Gasteiger charge is -2.14. The molecule has 7 heteroatoms. The van der Waals surface area contributed by atoms with Crippen LogP contribution in [0.2, 0.25) is 0 Å². The third-order valence-electron chi connectivity index (χ3n) is 3.06. The molecule has 0 saturated heterocycles. The zero-order valence-electron chi connectivity index (χ0n) is 12.5. The summed E-state index contributed by atoms with van der Waals surface area (Å²) in [5, 5.41) is 11.3. The van der Waals surface area contributed by atoms with E-state index >= 15 is 0 Å². The van der Waals surface area contributed by atoms with Crippen molar-refractivity contribution in [2.24, 2.45) is 0 Å². The van der Waals surface area contributed by atoms with Crippen molar-refractivity contribution in [3.63, 3.8) is 0 Å². The predicted molar refractivity (Wildman–Crippen MR) is 81.0 cm³/mol. The fraction of sp³-hybridized carbons (Fsp3) is 0.118. The van der Waals surface area contributed by atoms with Crippen molar-refractivity contribution < 1.29 is 23.1 Å². The zero-order valence-corrected chi connectivity index (χ0v) is 12.5. The van der Waals surface area contributed by atoms with Gasteiger partial charge in [0.1, 0.15) is 11.6 Å². The SMILES string of the molecule is C[C@@H](OC(=O)c1ccc(F)cc1F)C(=O)Nc1cccc(C#N)c1. The number of hydrogen-bond donors (Lipinski definition) is 1. The molecule has 0 radical (unpaired) electrons. The van der Waals surface area contributed by atoms with Gasteiger partial charge in [-0.05, 0) is 37.3 Å². The molecule has 1 amide bonds. The second-order valence-corrected chi connectivity index (χ2v) is 4.85. The Morgan fingerprint density at radius 3 is 2.62 bits per heavy atom. The summed E-state index contributed by atoms with van der Waals surface area (Å²) >= 11 is 0. The molecule has 1 N–H and O–H groups in total. The van der Waals surface area contributed by atoms with Gasteiger partial charge in [0, 0.05) is 11.8 Å². The van der Waals surface area contributed by atoms with Gasteiger partial charge in [0.2, 0.25) is 0 Å². The molecule has 2 aromatic carbocycles. The molecule has 0 aliphatic rings. The van der Waals surface area contributed by atoms with Crippen molar-refractivity contribution in [1.29, 1.82) is 5.26 Å². The van der Waals surface area contributed by atoms with Gasteiger partial charge < -0.3 is 10.1 Å². The molecule has 0 fully saturated rings. The van der Waals surface area contributed by atoms with Gasteiger partial charge in [0.25, 0.3) is 5.91 Å². The minimum Gasteiger partial charge on any atom is -0.449 e. The van der Waals surface area contributed by atoms with Crippen LogP contribution in [0.3, 0.4) is 0 Å². The van der Waals surface area contributed by atoms with Gasteiger partial charge in [-0.3, -0.25) is 4.79 Å². The monoisotopic (exact) mass is 330 g/mol. The van der Waals surface area contributed by atoms with E-state index in [1.807, 2.05) is 6.07 Å². The first-order valence-electron chi connectivity index (χ1n) is 6.88. The van der Waals surface area contributed by atoms with Gasteiger partial charge in [-0.2, -0.15) is 5.26 Å². The summed E-state index contributed by atoms with van der Waals surface area (Å²) < 4.78 is 31.2. The number of amides is 1. The second-order valence-electron chi connectivity index (χ2n) is 4.85. The molecule has 5 nitrogen and oxygen atoms in total. The van der Waals surface area contributed by atoms with Crippen molar-refractivity contribution in [3.05, 3.63) is 65.2 Å². The molecule has 24 heavy (non-hydrogen) atoms. The fourth-order valence-corrected chi connectivity index (χ4v) is 1.84. The van der Waals surface area contributed by atoms with Crippen LogP contribution in [0.25, 0.3) is 0 Å². The minimum absolute atomic E-state index is 0.353. The number of esters is 1. The largest absolute Gasteiger partial charge is 0.449 e. The molecule has 2 rings (SSSR count). The third kappa shape index (κ3) is 4.14. The maximum atomic E-state index is 13.5. The maximum Gasteiger partial charge on any atom is 0.341 e. The first kappa shape index (κ1) is 17.1. The van der Waals surface area contributed by atoms with E-state index in [0.29, 0.717) is 17.3 Å². The van der Waals surface area contributed by atoms with Crippen LogP contribution in [0.4, 0.5) is 14.5 Å². The van der Waals surface area contributed by atoms with E-state index in [0.717, 1.165) is 12.1 Å². The number of nitrogens with zero attached hydrogens (tertiary/aromatic N) is 1. The average molecular weight is 330 g/mol. The Kier molecular flexibility index (Phi) is 5.22. The van der Waals surface area contributed by atoms with Crippen LogP contribution in [0, 0.1) is 23.0 Å². The summed E-state index contributed by atoms with van der Waals surface area (Å²) in [5.41, 5.74) is 0.239. The topological polar surface area (TPSA) is 79.2 Å². The normalized spacial score (nSPS) is 11.2. The van der Waals surface area contributed by atoms with E-state index in [-0.39, 0.29) is 0 Å². The van der Waals surface area contributed by atoms with Crippen LogP contribution >= 0.6 is 0 Å². The average Bonchev–Trinajstić information content (AvgIpc) is 2.54. The van der Waals surface area contributed by atoms with Crippen LogP contribution in [0.1, 0.15) is 22.8 Å². The number of halogens is 2. The highest BCUT2D eigenvalue weighted by Gasteiger charge is 2.21. The van der Waals surface area contributed by atoms with Crippen LogP contribution in [-0.2, 0) is 9.53 Å². The summed E-state index contributed by atoms with van der Waals surface area (Å²) in [4.78, 5) is 23.8. The summed E-state index contributed by atoms with van der Waals surface area (Å²) in [5.74, 6) is -3.64. The summed E-state index contributed by atoms with van der Waals surface area (Å²) in [6.45, 7) is 1.31. The number of carbonyl (C=O) groups excluding carboxylic acids is 2. The molecule has 122 valence electrons. The molecule has 0 spiro atoms. The van der Waals surface area contributed by atoms with Crippen molar-refractivity contribution in [1.82, 2.24) is 0 Å². The summed E-state index contributed by atoms with van der Waals surface area (Å²) in [7, 11) is 0. The number of ether oxygens (including phenoxy) is 1. The van der Waals surface area contributed by atoms with E-state index < -0.39 is 35.2 Å². The molecule has 1 atom stereocenters. The van der Waals surface area contributed by atoms with E-state index in [1.165, 1.54) is 13.0 Å². The molecule has 0 heterocycles. The minimum atomic E-state index is -1.22. The first-order chi connectivity index (χ1) is 11.4. The Morgan fingerprint density at radius 1 is 1.21 bits per heavy atom. The van der Waals surface area contributed by atoms with Crippen LogP contribution in [0.15, 0.2) is 42.5 Å². The first-order valence-corrected chi connectivity index (χ1v) is 6.88. The standard InChI is InChI=1S/C17H12F2N2O3/c1-10(16(22)21-13-4-2-3-11(7-13)9-20)24-17(23)14-6-5-12(18)8-15(14)19/h2-8,10H,1H3,(H,21,22)/t10-/m1/s1. The van der Waals surface area contributed by atoms with Crippen LogP contribution in [-0.4, -0.2) is 18.0 Å². The molecular formula is C17H12F2N2O3. The third-order valence-corrected chi connectivity index (χ3v) is 3.06. The predicted octanol–water partition coefficient (Wildman–Crippen LogP) is 3.02. The van der Waals surface area contributed by atoms with Gasteiger partial charge in [-0.1, -0.05) is 6.07 Å². The molecule has 0 aliphatic heterocycles. The Hall–Kier alpha value is -3.27. The quantitative estimate of drug-likeness (QED) is 0.874. The van der Waals surface area contributed by atoms with E-state index in [4.69, 9.17) is 10.00 Å². The Morgan fingerprint density at radius 2 is 1.96 bits per heavy atom. The molecule has 0 unspecified atom stereocenters. The van der Waals surface area contributed by atoms with Gasteiger partial charge in [0.05, 0.1) is 17.2 Å². The summed E-state index contributed by atoms with van der Waals surface area (Å²) in [6, 6.07) is 10.5. The van der Waals surface area contributed by atoms with Crippen molar-refractivity contribution >= 4 is 17.6 Å². The number of rotatable bonds is 4. The van der Waals surface area contributed by atoms with Crippen molar-refractivity contribution in [2.45, 2.75) is 13.0 Å². The van der Waals surface area contributed by atoms with Crippen LogP contribution in [0.5, 0.6) is 0 Å². The molecule has 0 bridgehead atoms. The van der Waals surface area contributed by atoms with Crippen molar-refractivity contribution in [2.75, 3.05) is 5.32 Å².